The van der Waals surface area contributed by atoms with Gasteiger partial charge >= 0.3 is 0 Å². The van der Waals surface area contributed by atoms with E-state index in [-0.39, 0.29) is 5.91 Å². The molecule has 2 unspecified atom stereocenters. The first-order chi connectivity index (χ1) is 10.6. The topological polar surface area (TPSA) is 81.8 Å². The number of carbonyl (C=O) groups is 1. The summed E-state index contributed by atoms with van der Waals surface area (Å²) in [6.07, 6.45) is 2.06. The van der Waals surface area contributed by atoms with Crippen molar-refractivity contribution in [3.8, 4) is 0 Å². The minimum absolute atomic E-state index is 0.111. The van der Waals surface area contributed by atoms with Crippen LogP contribution in [0.25, 0.3) is 0 Å². The Balaban J connectivity index is 2.03. The van der Waals surface area contributed by atoms with Crippen molar-refractivity contribution < 1.29 is 13.2 Å². The lowest BCUT2D eigenvalue weighted by Crippen LogP contribution is -2.55. The van der Waals surface area contributed by atoms with Crippen LogP contribution in [0, 0.1) is 5.41 Å². The monoisotopic (exact) mass is 346 g/mol. The fourth-order valence-corrected chi connectivity index (χ4v) is 4.16. The molecule has 2 atom stereocenters. The molecule has 0 saturated carbocycles. The molecule has 2 rings (SSSR count). The molecule has 2 fully saturated rings. The zero-order chi connectivity index (χ0) is 17.3. The Morgan fingerprint density at radius 2 is 1.83 bits per heavy atom. The minimum Gasteiger partial charge on any atom is -0.340 e. The standard InChI is InChI=1S/C15H30N4O3S/c1-15(2,3)13(17-23(4,21)22)14(20)19-8-5-12(11-19)18-9-6-16-7-10-18/h12-13,16-17H,5-11H2,1-4H3. The Hall–Kier alpha value is -0.700. The van der Waals surface area contributed by atoms with E-state index in [1.807, 2.05) is 25.7 Å². The first kappa shape index (κ1) is 18.6. The Labute approximate surface area is 139 Å². The molecule has 134 valence electrons. The first-order valence-electron chi connectivity index (χ1n) is 8.29. The molecule has 2 aliphatic heterocycles. The number of likely N-dealkylation sites (tertiary alicyclic amines) is 1. The molecule has 0 aliphatic carbocycles. The maximum Gasteiger partial charge on any atom is 0.241 e. The average molecular weight is 346 g/mol. The van der Waals surface area contributed by atoms with Crippen molar-refractivity contribution in [2.24, 2.45) is 5.41 Å². The molecule has 2 aliphatic rings. The molecule has 0 spiro atoms. The molecule has 0 aromatic rings. The SMILES string of the molecule is CC(C)(C)C(NS(C)(=O)=O)C(=O)N1CCC(N2CCNCC2)C1. The predicted octanol–water partition coefficient (Wildman–Crippen LogP) is -0.544. The lowest BCUT2D eigenvalue weighted by molar-refractivity contribution is -0.134. The number of nitrogens with zero attached hydrogens (tertiary/aromatic N) is 2. The number of carbonyl (C=O) groups excluding carboxylic acids is 1. The van der Waals surface area contributed by atoms with Gasteiger partial charge in [-0.05, 0) is 11.8 Å². The summed E-state index contributed by atoms with van der Waals surface area (Å²) < 4.78 is 25.8. The molecule has 2 heterocycles. The van der Waals surface area contributed by atoms with Gasteiger partial charge in [-0.15, -0.1) is 0 Å². The Bertz CT molecular complexity index is 523. The summed E-state index contributed by atoms with van der Waals surface area (Å²) >= 11 is 0. The third kappa shape index (κ3) is 5.14. The molecule has 2 N–H and O–H groups in total. The van der Waals surface area contributed by atoms with Crippen LogP contribution in [0.2, 0.25) is 0 Å². The second-order valence-electron chi connectivity index (χ2n) is 7.70. The van der Waals surface area contributed by atoms with E-state index in [2.05, 4.69) is 14.9 Å². The van der Waals surface area contributed by atoms with Crippen LogP contribution in [0.4, 0.5) is 0 Å². The number of nitrogens with one attached hydrogen (secondary N) is 2. The minimum atomic E-state index is -3.43. The van der Waals surface area contributed by atoms with Crippen molar-refractivity contribution in [1.29, 1.82) is 0 Å². The second-order valence-corrected chi connectivity index (χ2v) is 9.48. The van der Waals surface area contributed by atoms with Gasteiger partial charge in [-0.2, -0.15) is 0 Å². The van der Waals surface area contributed by atoms with Crippen molar-refractivity contribution in [1.82, 2.24) is 19.8 Å². The van der Waals surface area contributed by atoms with Crippen LogP contribution >= 0.6 is 0 Å². The van der Waals surface area contributed by atoms with Crippen molar-refractivity contribution in [2.45, 2.75) is 39.3 Å². The number of amides is 1. The van der Waals surface area contributed by atoms with Crippen LogP contribution in [0.3, 0.4) is 0 Å². The van der Waals surface area contributed by atoms with Crippen LogP contribution in [-0.2, 0) is 14.8 Å². The molecule has 0 bridgehead atoms. The fourth-order valence-electron chi connectivity index (χ4n) is 3.28. The first-order valence-corrected chi connectivity index (χ1v) is 10.2. The summed E-state index contributed by atoms with van der Waals surface area (Å²) in [6, 6.07) is -0.334. The summed E-state index contributed by atoms with van der Waals surface area (Å²) in [5.74, 6) is -0.111. The third-order valence-electron chi connectivity index (χ3n) is 4.59. The summed E-state index contributed by atoms with van der Waals surface area (Å²) in [7, 11) is -3.43. The molecule has 2 saturated heterocycles. The predicted molar refractivity (Wildman–Crippen MR) is 90.7 cm³/mol. The quantitative estimate of drug-likeness (QED) is 0.714. The van der Waals surface area contributed by atoms with Crippen molar-refractivity contribution in [2.75, 3.05) is 45.5 Å². The number of hydrogen-bond acceptors (Lipinski definition) is 5. The van der Waals surface area contributed by atoms with Crippen molar-refractivity contribution >= 4 is 15.9 Å². The van der Waals surface area contributed by atoms with E-state index < -0.39 is 21.5 Å². The van der Waals surface area contributed by atoms with Crippen LogP contribution in [-0.4, -0.2) is 81.7 Å². The molecule has 1 amide bonds. The molecule has 0 radical (unpaired) electrons. The van der Waals surface area contributed by atoms with Gasteiger partial charge in [0.1, 0.15) is 6.04 Å². The highest BCUT2D eigenvalue weighted by Gasteiger charge is 2.39. The van der Waals surface area contributed by atoms with Crippen LogP contribution < -0.4 is 10.0 Å². The fraction of sp³-hybridized carbons (Fsp3) is 0.933. The van der Waals surface area contributed by atoms with Crippen LogP contribution in [0.5, 0.6) is 0 Å². The van der Waals surface area contributed by atoms with Crippen molar-refractivity contribution in [3.05, 3.63) is 0 Å². The lowest BCUT2D eigenvalue weighted by atomic mass is 9.86. The molecular formula is C15H30N4O3S. The maximum atomic E-state index is 12.9. The Kier molecular flexibility index (Phi) is 5.71. The van der Waals surface area contributed by atoms with E-state index in [1.165, 1.54) is 0 Å². The summed E-state index contributed by atoms with van der Waals surface area (Å²) in [5.41, 5.74) is -0.465. The van der Waals surface area contributed by atoms with Gasteiger partial charge in [0, 0.05) is 45.3 Å². The molecular weight excluding hydrogens is 316 g/mol. The smallest absolute Gasteiger partial charge is 0.241 e. The van der Waals surface area contributed by atoms with E-state index >= 15 is 0 Å². The Morgan fingerprint density at radius 1 is 1.22 bits per heavy atom. The van der Waals surface area contributed by atoms with Gasteiger partial charge in [0.15, 0.2) is 0 Å². The number of hydrogen-bond donors (Lipinski definition) is 2. The maximum absolute atomic E-state index is 12.9. The molecule has 0 aromatic carbocycles. The number of rotatable bonds is 4. The van der Waals surface area contributed by atoms with Gasteiger partial charge in [0.2, 0.25) is 15.9 Å². The highest BCUT2D eigenvalue weighted by molar-refractivity contribution is 7.88. The molecule has 7 nitrogen and oxygen atoms in total. The molecule has 23 heavy (non-hydrogen) atoms. The van der Waals surface area contributed by atoms with E-state index in [0.717, 1.165) is 38.9 Å². The van der Waals surface area contributed by atoms with Crippen molar-refractivity contribution in [3.63, 3.8) is 0 Å². The van der Waals surface area contributed by atoms with Gasteiger partial charge in [-0.25, -0.2) is 13.1 Å². The zero-order valence-corrected chi connectivity index (χ0v) is 15.4. The lowest BCUT2D eigenvalue weighted by Gasteiger charge is -2.34. The van der Waals surface area contributed by atoms with Gasteiger partial charge in [-0.1, -0.05) is 20.8 Å². The summed E-state index contributed by atoms with van der Waals surface area (Å²) in [4.78, 5) is 17.1. The van der Waals surface area contributed by atoms with E-state index in [9.17, 15) is 13.2 Å². The third-order valence-corrected chi connectivity index (χ3v) is 5.25. The highest BCUT2D eigenvalue weighted by atomic mass is 32.2. The van der Waals surface area contributed by atoms with Crippen LogP contribution in [0.1, 0.15) is 27.2 Å². The van der Waals surface area contributed by atoms with Gasteiger partial charge in [0.25, 0.3) is 0 Å². The average Bonchev–Trinajstić information content (AvgIpc) is 2.93. The van der Waals surface area contributed by atoms with E-state index in [4.69, 9.17) is 0 Å². The zero-order valence-electron chi connectivity index (χ0n) is 14.6. The largest absolute Gasteiger partial charge is 0.340 e. The van der Waals surface area contributed by atoms with E-state index in [0.29, 0.717) is 19.1 Å². The van der Waals surface area contributed by atoms with E-state index in [1.54, 1.807) is 0 Å². The van der Waals surface area contributed by atoms with Gasteiger partial charge < -0.3 is 10.2 Å². The normalized spacial score (nSPS) is 25.6. The number of piperazine rings is 1. The summed E-state index contributed by atoms with van der Waals surface area (Å²) in [5, 5.41) is 3.34. The van der Waals surface area contributed by atoms with Gasteiger partial charge in [-0.3, -0.25) is 9.69 Å². The Morgan fingerprint density at radius 3 is 2.35 bits per heavy atom. The highest BCUT2D eigenvalue weighted by Crippen LogP contribution is 2.24. The second kappa shape index (κ2) is 7.04. The summed E-state index contributed by atoms with van der Waals surface area (Å²) in [6.45, 7) is 11.1. The van der Waals surface area contributed by atoms with Gasteiger partial charge in [0.05, 0.1) is 6.26 Å². The molecule has 8 heteroatoms. The number of sulfonamides is 1. The molecule has 0 aromatic heterocycles. The van der Waals surface area contributed by atoms with Crippen LogP contribution in [0.15, 0.2) is 0 Å².